The number of halogens is 1. The highest BCUT2D eigenvalue weighted by Crippen LogP contribution is 2.57. The summed E-state index contributed by atoms with van der Waals surface area (Å²) in [4.78, 5) is 0. The zero-order valence-electron chi connectivity index (χ0n) is 21.0. The van der Waals surface area contributed by atoms with Crippen molar-refractivity contribution >= 4 is 10.1 Å². The van der Waals surface area contributed by atoms with Gasteiger partial charge in [0.25, 0.3) is 0 Å². The van der Waals surface area contributed by atoms with E-state index in [9.17, 15) is 17.9 Å². The monoisotopic (exact) mass is 472 g/mol. The summed E-state index contributed by atoms with van der Waals surface area (Å²) in [5.41, 5.74) is 0.413. The largest absolute Gasteiger partial charge is 0.396 e. The molecule has 0 aromatic rings. The summed E-state index contributed by atoms with van der Waals surface area (Å²) in [6.07, 6.45) is 9.48. The lowest BCUT2D eigenvalue weighted by atomic mass is 9.53. The Kier molecular flexibility index (Phi) is 9.05. The van der Waals surface area contributed by atoms with Crippen LogP contribution in [0.5, 0.6) is 0 Å². The van der Waals surface area contributed by atoms with E-state index in [1.807, 2.05) is 19.9 Å². The van der Waals surface area contributed by atoms with Gasteiger partial charge in [0, 0.05) is 17.9 Å². The minimum absolute atomic E-state index is 0.0632. The molecule has 4 nitrogen and oxygen atoms in total. The summed E-state index contributed by atoms with van der Waals surface area (Å²) >= 11 is 0. The molecule has 1 unspecified atom stereocenters. The van der Waals surface area contributed by atoms with E-state index in [4.69, 9.17) is 4.18 Å². The predicted molar refractivity (Wildman–Crippen MR) is 129 cm³/mol. The van der Waals surface area contributed by atoms with Gasteiger partial charge in [-0.2, -0.15) is 8.42 Å². The minimum Gasteiger partial charge on any atom is -0.396 e. The molecule has 0 aromatic heterocycles. The third kappa shape index (κ3) is 5.60. The van der Waals surface area contributed by atoms with Crippen molar-refractivity contribution in [2.24, 2.45) is 40.4 Å². The van der Waals surface area contributed by atoms with Crippen LogP contribution < -0.4 is 0 Å². The van der Waals surface area contributed by atoms with Crippen molar-refractivity contribution in [3.63, 3.8) is 0 Å². The molecule has 6 atom stereocenters. The summed E-state index contributed by atoms with van der Waals surface area (Å²) in [6.45, 7) is 16.9. The Balaban J connectivity index is 2.21. The molecule has 0 radical (unpaired) electrons. The Morgan fingerprint density at radius 1 is 1.31 bits per heavy atom. The molecular weight excluding hydrogens is 427 g/mol. The summed E-state index contributed by atoms with van der Waals surface area (Å²) in [5.74, 6) is 2.44. The Labute approximate surface area is 195 Å². The van der Waals surface area contributed by atoms with Crippen LogP contribution in [0.3, 0.4) is 0 Å². The Morgan fingerprint density at radius 2 is 1.97 bits per heavy atom. The summed E-state index contributed by atoms with van der Waals surface area (Å²) in [5, 5.41) is 10.4. The number of allylic oxidation sites excluding steroid dienone is 3. The number of alkyl halides is 1. The molecule has 0 saturated heterocycles. The van der Waals surface area contributed by atoms with Crippen LogP contribution in [0.4, 0.5) is 4.39 Å². The number of hydrogen-bond donors (Lipinski definition) is 1. The van der Waals surface area contributed by atoms with Gasteiger partial charge >= 0.3 is 10.1 Å². The maximum Gasteiger partial charge on any atom is 0.338 e. The first-order valence-electron chi connectivity index (χ1n) is 12.3. The van der Waals surface area contributed by atoms with Crippen molar-refractivity contribution in [1.82, 2.24) is 0 Å². The van der Waals surface area contributed by atoms with Crippen molar-refractivity contribution in [2.75, 3.05) is 12.6 Å². The average Bonchev–Trinajstić information content (AvgIpc) is 3.21. The van der Waals surface area contributed by atoms with Crippen molar-refractivity contribution in [2.45, 2.75) is 86.5 Å². The van der Waals surface area contributed by atoms with Gasteiger partial charge in [0.05, 0.1) is 0 Å². The van der Waals surface area contributed by atoms with E-state index >= 15 is 0 Å². The van der Waals surface area contributed by atoms with Crippen LogP contribution in [0.25, 0.3) is 0 Å². The highest BCUT2D eigenvalue weighted by Gasteiger charge is 2.52. The van der Waals surface area contributed by atoms with Gasteiger partial charge in [-0.15, -0.1) is 0 Å². The lowest BCUT2D eigenvalue weighted by Gasteiger charge is -2.52. The standard InChI is InChI=1S/C26H45FO4S/c1-8-20(13-12-19(4)22-11-9-10-21(22)18(2)3)26(7)15-14-24(31-32(29,30)17-27)25(5,6)23(26)16-28/h14,19-23,28H,2,8-13,15-17H2,1,3-7H3/t19-,20-,21+,22+,23?,26-/m1/s1. The Hall–Kier alpha value is -0.880. The molecule has 2 aliphatic rings. The van der Waals surface area contributed by atoms with Gasteiger partial charge in [-0.05, 0) is 67.8 Å². The fraction of sp³-hybridized carbons (Fsp3) is 0.846. The normalized spacial score (nSPS) is 32.2. The van der Waals surface area contributed by atoms with Crippen LogP contribution in [-0.2, 0) is 14.3 Å². The summed E-state index contributed by atoms with van der Waals surface area (Å²) in [6, 6.07) is -1.55. The molecule has 0 bridgehead atoms. The van der Waals surface area contributed by atoms with E-state index in [1.165, 1.54) is 24.8 Å². The Bertz CT molecular complexity index is 788. The van der Waals surface area contributed by atoms with Gasteiger partial charge in [0.15, 0.2) is 0 Å². The topological polar surface area (TPSA) is 63.6 Å². The number of aliphatic hydroxyl groups excluding tert-OH is 1. The van der Waals surface area contributed by atoms with Crippen LogP contribution in [0.15, 0.2) is 24.0 Å². The molecule has 1 fully saturated rings. The molecule has 0 aromatic carbocycles. The maximum atomic E-state index is 12.9. The fourth-order valence-electron chi connectivity index (χ4n) is 6.86. The van der Waals surface area contributed by atoms with Crippen LogP contribution >= 0.6 is 0 Å². The number of hydrogen-bond acceptors (Lipinski definition) is 4. The SMILES string of the molecule is C=C(C)[C@@H]1CCC[C@H]1[C@H](C)CC[C@@H](CC)[C@@]1(C)CC=C(OS(=O)(=O)CF)C(C)(C)C1CO. The lowest BCUT2D eigenvalue weighted by Crippen LogP contribution is -2.48. The highest BCUT2D eigenvalue weighted by atomic mass is 32.2. The molecule has 6 heteroatoms. The van der Waals surface area contributed by atoms with E-state index < -0.39 is 21.5 Å². The first kappa shape index (κ1) is 27.4. The van der Waals surface area contributed by atoms with Crippen LogP contribution in [-0.4, -0.2) is 26.1 Å². The number of rotatable bonds is 11. The molecule has 1 N–H and O–H groups in total. The van der Waals surface area contributed by atoms with Gasteiger partial charge in [0.1, 0.15) is 5.76 Å². The third-order valence-electron chi connectivity index (χ3n) is 8.89. The lowest BCUT2D eigenvalue weighted by molar-refractivity contribution is -0.0433. The molecule has 32 heavy (non-hydrogen) atoms. The molecule has 0 heterocycles. The Morgan fingerprint density at radius 3 is 2.50 bits per heavy atom. The zero-order chi connectivity index (χ0) is 24.3. The van der Waals surface area contributed by atoms with E-state index in [1.54, 1.807) is 0 Å². The molecule has 186 valence electrons. The first-order valence-corrected chi connectivity index (χ1v) is 13.9. The molecule has 2 rings (SSSR count). The number of aliphatic hydroxyl groups is 1. The molecule has 0 aliphatic heterocycles. The maximum absolute atomic E-state index is 12.9. The molecule has 0 amide bonds. The second-order valence-corrected chi connectivity index (χ2v) is 12.7. The van der Waals surface area contributed by atoms with Crippen molar-refractivity contribution in [3.05, 3.63) is 24.0 Å². The van der Waals surface area contributed by atoms with Gasteiger partial charge in [-0.1, -0.05) is 66.0 Å². The van der Waals surface area contributed by atoms with Crippen LogP contribution in [0, 0.1) is 40.4 Å². The minimum atomic E-state index is -4.25. The highest BCUT2D eigenvalue weighted by molar-refractivity contribution is 7.86. The first-order chi connectivity index (χ1) is 14.8. The van der Waals surface area contributed by atoms with Gasteiger partial charge in [0.2, 0.25) is 6.01 Å². The summed E-state index contributed by atoms with van der Waals surface area (Å²) in [7, 11) is -4.25. The molecular formula is C26H45FO4S. The second kappa shape index (κ2) is 10.6. The zero-order valence-corrected chi connectivity index (χ0v) is 21.8. The quantitative estimate of drug-likeness (QED) is 0.271. The average molecular weight is 473 g/mol. The third-order valence-corrected chi connectivity index (χ3v) is 9.59. The molecule has 2 aliphatic carbocycles. The predicted octanol–water partition coefficient (Wildman–Crippen LogP) is 6.62. The van der Waals surface area contributed by atoms with E-state index in [0.29, 0.717) is 30.1 Å². The summed E-state index contributed by atoms with van der Waals surface area (Å²) < 4.78 is 41.5. The second-order valence-electron chi connectivity index (χ2n) is 11.2. The van der Waals surface area contributed by atoms with Crippen molar-refractivity contribution < 1.29 is 22.1 Å². The van der Waals surface area contributed by atoms with Crippen molar-refractivity contribution in [1.29, 1.82) is 0 Å². The van der Waals surface area contributed by atoms with E-state index in [0.717, 1.165) is 19.3 Å². The van der Waals surface area contributed by atoms with Crippen LogP contribution in [0.2, 0.25) is 0 Å². The van der Waals surface area contributed by atoms with E-state index in [-0.39, 0.29) is 23.7 Å². The van der Waals surface area contributed by atoms with Crippen LogP contribution in [0.1, 0.15) is 86.5 Å². The van der Waals surface area contributed by atoms with Gasteiger partial charge in [-0.3, -0.25) is 0 Å². The van der Waals surface area contributed by atoms with Gasteiger partial charge < -0.3 is 9.29 Å². The van der Waals surface area contributed by atoms with Gasteiger partial charge in [-0.25, -0.2) is 4.39 Å². The fourth-order valence-corrected chi connectivity index (χ4v) is 7.46. The molecule has 1 saturated carbocycles. The van der Waals surface area contributed by atoms with E-state index in [2.05, 4.69) is 34.3 Å². The molecule has 0 spiro atoms. The van der Waals surface area contributed by atoms with Crippen molar-refractivity contribution in [3.8, 4) is 0 Å². The smallest absolute Gasteiger partial charge is 0.338 e.